The third-order valence-electron chi connectivity index (χ3n) is 2.49. The number of nitrogens with two attached hydrogens (primary N) is 1. The van der Waals surface area contributed by atoms with E-state index in [0.29, 0.717) is 6.10 Å². The maximum absolute atomic E-state index is 6.03. The Balaban J connectivity index is 2.50. The molecular weight excluding hydrogens is 182 g/mol. The molecule has 0 aromatic rings. The summed E-state index contributed by atoms with van der Waals surface area (Å²) in [4.78, 5) is 0. The van der Waals surface area contributed by atoms with Crippen LogP contribution in [0.15, 0.2) is 0 Å². The molecule has 1 saturated heterocycles. The Morgan fingerprint density at radius 1 is 1.38 bits per heavy atom. The molecule has 3 heteroatoms. The molecule has 0 spiro atoms. The minimum atomic E-state index is 0.105. The van der Waals surface area contributed by atoms with Gasteiger partial charge in [0.1, 0.15) is 0 Å². The van der Waals surface area contributed by atoms with Gasteiger partial charge in [-0.1, -0.05) is 0 Å². The lowest BCUT2D eigenvalue weighted by molar-refractivity contribution is -0.0886. The van der Waals surface area contributed by atoms with E-state index in [2.05, 4.69) is 13.8 Å². The van der Waals surface area contributed by atoms with Crippen LogP contribution in [0.3, 0.4) is 0 Å². The Kier molecular flexibility index (Phi) is 4.56. The Bertz CT molecular complexity index is 138. The van der Waals surface area contributed by atoms with Gasteiger partial charge < -0.3 is 10.5 Å². The summed E-state index contributed by atoms with van der Waals surface area (Å²) in [7, 11) is 0. The molecular formula is C10H21NOS. The van der Waals surface area contributed by atoms with Crippen LogP contribution in [0.2, 0.25) is 0 Å². The molecule has 0 aromatic carbocycles. The first-order valence-electron chi connectivity index (χ1n) is 5.14. The second-order valence-corrected chi connectivity index (χ2v) is 5.23. The van der Waals surface area contributed by atoms with Crippen LogP contribution < -0.4 is 5.73 Å². The molecule has 1 fully saturated rings. The molecule has 1 heterocycles. The lowest BCUT2D eigenvalue weighted by Gasteiger charge is -2.38. The molecule has 1 rings (SSSR count). The van der Waals surface area contributed by atoms with E-state index >= 15 is 0 Å². The molecule has 2 N–H and O–H groups in total. The molecule has 0 atom stereocenters. The average molecular weight is 203 g/mol. The van der Waals surface area contributed by atoms with Gasteiger partial charge in [-0.3, -0.25) is 0 Å². The Labute approximate surface area is 85.6 Å². The second kappa shape index (κ2) is 5.23. The van der Waals surface area contributed by atoms with E-state index in [1.165, 1.54) is 24.3 Å². The van der Waals surface area contributed by atoms with Crippen LogP contribution in [0, 0.1) is 0 Å². The van der Waals surface area contributed by atoms with Crippen LogP contribution >= 0.6 is 11.8 Å². The van der Waals surface area contributed by atoms with Gasteiger partial charge in [0.25, 0.3) is 0 Å². The smallest absolute Gasteiger partial charge is 0.0713 e. The topological polar surface area (TPSA) is 35.2 Å². The van der Waals surface area contributed by atoms with Crippen LogP contribution in [0.25, 0.3) is 0 Å². The number of hydrogen-bond donors (Lipinski definition) is 1. The van der Waals surface area contributed by atoms with Gasteiger partial charge in [0.2, 0.25) is 0 Å². The molecule has 2 nitrogen and oxygen atoms in total. The van der Waals surface area contributed by atoms with Gasteiger partial charge in [-0.15, -0.1) is 0 Å². The van der Waals surface area contributed by atoms with Crippen LogP contribution in [0.1, 0.15) is 33.1 Å². The zero-order valence-corrected chi connectivity index (χ0v) is 9.53. The highest BCUT2D eigenvalue weighted by Gasteiger charge is 2.33. The molecule has 0 saturated carbocycles. The minimum Gasteiger partial charge on any atom is -0.372 e. The normalized spacial score (nSPS) is 22.2. The highest BCUT2D eigenvalue weighted by Crippen LogP contribution is 2.33. The molecule has 0 aliphatic carbocycles. The standard InChI is InChI=1S/C10H21NOS/c1-9(2)12-10(3-6-11)4-7-13-8-5-10/h9H,3-8,11H2,1-2H3. The van der Waals surface area contributed by atoms with Gasteiger partial charge >= 0.3 is 0 Å². The molecule has 1 aliphatic rings. The number of thioether (sulfide) groups is 1. The first-order chi connectivity index (χ1) is 6.18. The monoisotopic (exact) mass is 203 g/mol. The summed E-state index contributed by atoms with van der Waals surface area (Å²) in [5.74, 6) is 2.46. The molecule has 1 aliphatic heterocycles. The Morgan fingerprint density at radius 2 is 2.00 bits per heavy atom. The van der Waals surface area contributed by atoms with E-state index in [1.54, 1.807) is 0 Å². The number of ether oxygens (including phenoxy) is 1. The molecule has 0 aromatic heterocycles. The van der Waals surface area contributed by atoms with Crippen molar-refractivity contribution in [2.45, 2.75) is 44.8 Å². The highest BCUT2D eigenvalue weighted by atomic mass is 32.2. The lowest BCUT2D eigenvalue weighted by Crippen LogP contribution is -2.40. The van der Waals surface area contributed by atoms with Gasteiger partial charge in [0.15, 0.2) is 0 Å². The van der Waals surface area contributed by atoms with Gasteiger partial charge in [0, 0.05) is 0 Å². The summed E-state index contributed by atoms with van der Waals surface area (Å²) < 4.78 is 6.03. The van der Waals surface area contributed by atoms with Crippen LogP contribution in [-0.4, -0.2) is 29.8 Å². The zero-order valence-electron chi connectivity index (χ0n) is 8.71. The molecule has 0 unspecified atom stereocenters. The van der Waals surface area contributed by atoms with Gasteiger partial charge in [-0.2, -0.15) is 11.8 Å². The largest absolute Gasteiger partial charge is 0.372 e. The summed E-state index contributed by atoms with van der Waals surface area (Å²) in [5.41, 5.74) is 5.74. The van der Waals surface area contributed by atoms with Crippen molar-refractivity contribution < 1.29 is 4.74 Å². The van der Waals surface area contributed by atoms with Crippen molar-refractivity contribution in [1.82, 2.24) is 0 Å². The first-order valence-corrected chi connectivity index (χ1v) is 6.30. The fraction of sp³-hybridized carbons (Fsp3) is 1.00. The summed E-state index contributed by atoms with van der Waals surface area (Å²) >= 11 is 2.03. The maximum atomic E-state index is 6.03. The summed E-state index contributed by atoms with van der Waals surface area (Å²) in [6, 6.07) is 0. The maximum Gasteiger partial charge on any atom is 0.0713 e. The summed E-state index contributed by atoms with van der Waals surface area (Å²) in [6.45, 7) is 4.97. The van der Waals surface area contributed by atoms with Crippen molar-refractivity contribution in [1.29, 1.82) is 0 Å². The third-order valence-corrected chi connectivity index (χ3v) is 3.48. The van der Waals surface area contributed by atoms with Crippen molar-refractivity contribution in [3.63, 3.8) is 0 Å². The second-order valence-electron chi connectivity index (χ2n) is 4.00. The zero-order chi connectivity index (χ0) is 9.73. The fourth-order valence-electron chi connectivity index (χ4n) is 1.93. The van der Waals surface area contributed by atoms with E-state index in [-0.39, 0.29) is 5.60 Å². The summed E-state index contributed by atoms with van der Waals surface area (Å²) in [5, 5.41) is 0. The van der Waals surface area contributed by atoms with E-state index in [9.17, 15) is 0 Å². The van der Waals surface area contributed by atoms with Gasteiger partial charge in [-0.05, 0) is 51.2 Å². The van der Waals surface area contributed by atoms with Crippen molar-refractivity contribution >= 4 is 11.8 Å². The molecule has 13 heavy (non-hydrogen) atoms. The van der Waals surface area contributed by atoms with Crippen molar-refractivity contribution in [3.05, 3.63) is 0 Å². The van der Waals surface area contributed by atoms with Crippen molar-refractivity contribution in [2.75, 3.05) is 18.1 Å². The van der Waals surface area contributed by atoms with E-state index in [4.69, 9.17) is 10.5 Å². The third kappa shape index (κ3) is 3.49. The quantitative estimate of drug-likeness (QED) is 0.759. The predicted octanol–water partition coefficient (Wildman–Crippen LogP) is 2.03. The van der Waals surface area contributed by atoms with Gasteiger partial charge in [0.05, 0.1) is 11.7 Å². The van der Waals surface area contributed by atoms with Gasteiger partial charge in [-0.25, -0.2) is 0 Å². The molecule has 0 bridgehead atoms. The van der Waals surface area contributed by atoms with Crippen molar-refractivity contribution in [2.24, 2.45) is 5.73 Å². The van der Waals surface area contributed by atoms with Crippen LogP contribution in [-0.2, 0) is 4.74 Å². The Morgan fingerprint density at radius 3 is 2.46 bits per heavy atom. The SMILES string of the molecule is CC(C)OC1(CCN)CCSCC1. The van der Waals surface area contributed by atoms with Crippen molar-refractivity contribution in [3.8, 4) is 0 Å². The highest BCUT2D eigenvalue weighted by molar-refractivity contribution is 7.99. The molecule has 78 valence electrons. The fourth-order valence-corrected chi connectivity index (χ4v) is 3.17. The van der Waals surface area contributed by atoms with E-state index < -0.39 is 0 Å². The first kappa shape index (κ1) is 11.3. The number of rotatable bonds is 4. The Hall–Kier alpha value is 0.270. The minimum absolute atomic E-state index is 0.105. The predicted molar refractivity (Wildman–Crippen MR) is 59.2 cm³/mol. The van der Waals surface area contributed by atoms with E-state index in [1.807, 2.05) is 11.8 Å². The van der Waals surface area contributed by atoms with Crippen LogP contribution in [0.5, 0.6) is 0 Å². The number of hydrogen-bond acceptors (Lipinski definition) is 3. The molecule has 0 radical (unpaired) electrons. The van der Waals surface area contributed by atoms with E-state index in [0.717, 1.165) is 13.0 Å². The van der Waals surface area contributed by atoms with Crippen LogP contribution in [0.4, 0.5) is 0 Å². The molecule has 0 amide bonds. The summed E-state index contributed by atoms with van der Waals surface area (Å²) in [6.07, 6.45) is 3.70. The average Bonchev–Trinajstić information content (AvgIpc) is 2.04. The lowest BCUT2D eigenvalue weighted by atomic mass is 9.92.